The Bertz CT molecular complexity index is 1150. The van der Waals surface area contributed by atoms with Gasteiger partial charge >= 0.3 is 0 Å². The molecule has 0 bridgehead atoms. The molecule has 10 heteroatoms. The van der Waals surface area contributed by atoms with Crippen LogP contribution < -0.4 is 4.90 Å². The molecule has 0 spiro atoms. The highest BCUT2D eigenvalue weighted by molar-refractivity contribution is 7.96. The van der Waals surface area contributed by atoms with Gasteiger partial charge in [0.2, 0.25) is 5.95 Å². The van der Waals surface area contributed by atoms with Gasteiger partial charge < -0.3 is 4.90 Å². The molecule has 0 saturated carbocycles. The standard InChI is InChI=1S/C22H30N4O4S2/c1-22(2,3)17-5-7-18(8-6-17)32(29,30)20-16-31(27,28)15-19(20)25-11-13-26(14-12-25)21-23-9-4-10-24-21/h4-10,19-20H,11-16H2,1-3H3/t19-,20-/m1/s1. The first-order chi connectivity index (χ1) is 15.0. The van der Waals surface area contributed by atoms with Crippen molar-refractivity contribution < 1.29 is 16.8 Å². The van der Waals surface area contributed by atoms with Crippen molar-refractivity contribution in [1.82, 2.24) is 14.9 Å². The Labute approximate surface area is 190 Å². The molecule has 1 aromatic carbocycles. The predicted molar refractivity (Wildman–Crippen MR) is 124 cm³/mol. The van der Waals surface area contributed by atoms with E-state index in [4.69, 9.17) is 0 Å². The molecule has 2 atom stereocenters. The maximum atomic E-state index is 13.5. The largest absolute Gasteiger partial charge is 0.338 e. The van der Waals surface area contributed by atoms with Crippen LogP contribution in [0.4, 0.5) is 5.95 Å². The fraction of sp³-hybridized carbons (Fsp3) is 0.545. The van der Waals surface area contributed by atoms with Crippen molar-refractivity contribution in [1.29, 1.82) is 0 Å². The minimum Gasteiger partial charge on any atom is -0.338 e. The third kappa shape index (κ3) is 4.67. The summed E-state index contributed by atoms with van der Waals surface area (Å²) in [4.78, 5) is 12.8. The lowest BCUT2D eigenvalue weighted by molar-refractivity contribution is 0.201. The van der Waals surface area contributed by atoms with E-state index in [1.54, 1.807) is 30.6 Å². The van der Waals surface area contributed by atoms with Gasteiger partial charge in [-0.1, -0.05) is 32.9 Å². The van der Waals surface area contributed by atoms with Crippen LogP contribution in [0.2, 0.25) is 0 Å². The lowest BCUT2D eigenvalue weighted by atomic mass is 9.87. The van der Waals surface area contributed by atoms with Crippen molar-refractivity contribution in [3.8, 4) is 0 Å². The molecule has 0 amide bonds. The van der Waals surface area contributed by atoms with Gasteiger partial charge in [-0.25, -0.2) is 26.8 Å². The van der Waals surface area contributed by atoms with E-state index in [2.05, 4.69) is 30.7 Å². The van der Waals surface area contributed by atoms with E-state index in [-0.39, 0.29) is 21.8 Å². The molecule has 174 valence electrons. The lowest BCUT2D eigenvalue weighted by Crippen LogP contribution is -2.55. The van der Waals surface area contributed by atoms with Gasteiger partial charge in [-0.05, 0) is 29.2 Å². The summed E-state index contributed by atoms with van der Waals surface area (Å²) >= 11 is 0. The van der Waals surface area contributed by atoms with E-state index < -0.39 is 31.0 Å². The molecule has 8 nitrogen and oxygen atoms in total. The average molecular weight is 479 g/mol. The van der Waals surface area contributed by atoms with Crippen LogP contribution in [0, 0.1) is 0 Å². The average Bonchev–Trinajstić information content (AvgIpc) is 3.10. The van der Waals surface area contributed by atoms with Crippen LogP contribution in [0.25, 0.3) is 0 Å². The van der Waals surface area contributed by atoms with Crippen molar-refractivity contribution in [2.75, 3.05) is 42.6 Å². The Kier molecular flexibility index (Phi) is 6.06. The van der Waals surface area contributed by atoms with Gasteiger partial charge in [0.05, 0.1) is 21.7 Å². The van der Waals surface area contributed by atoms with Crippen LogP contribution in [0.3, 0.4) is 0 Å². The quantitative estimate of drug-likeness (QED) is 0.652. The van der Waals surface area contributed by atoms with Gasteiger partial charge in [0.1, 0.15) is 0 Å². The van der Waals surface area contributed by atoms with Crippen LogP contribution in [0.15, 0.2) is 47.6 Å². The van der Waals surface area contributed by atoms with Crippen molar-refractivity contribution >= 4 is 25.6 Å². The molecular weight excluding hydrogens is 448 g/mol. The monoisotopic (exact) mass is 478 g/mol. The summed E-state index contributed by atoms with van der Waals surface area (Å²) in [6, 6.07) is 8.08. The molecule has 4 rings (SSSR count). The number of benzene rings is 1. The van der Waals surface area contributed by atoms with Crippen molar-refractivity contribution in [2.45, 2.75) is 42.4 Å². The summed E-state index contributed by atoms with van der Waals surface area (Å²) in [6.45, 7) is 8.56. The number of hydrogen-bond donors (Lipinski definition) is 0. The molecule has 0 radical (unpaired) electrons. The number of anilines is 1. The molecule has 2 fully saturated rings. The zero-order valence-corrected chi connectivity index (χ0v) is 20.3. The first kappa shape index (κ1) is 23.1. The van der Waals surface area contributed by atoms with Crippen molar-refractivity contribution in [3.63, 3.8) is 0 Å². The smallest absolute Gasteiger partial charge is 0.225 e. The first-order valence-electron chi connectivity index (χ1n) is 10.8. The summed E-state index contributed by atoms with van der Waals surface area (Å²) in [5.41, 5.74) is 0.940. The van der Waals surface area contributed by atoms with Gasteiger partial charge in [0.25, 0.3) is 0 Å². The van der Waals surface area contributed by atoms with E-state index in [9.17, 15) is 16.8 Å². The number of sulfone groups is 2. The maximum absolute atomic E-state index is 13.5. The molecular formula is C22H30N4O4S2. The second-order valence-corrected chi connectivity index (χ2v) is 13.9. The highest BCUT2D eigenvalue weighted by Crippen LogP contribution is 2.31. The molecule has 2 aliphatic heterocycles. The molecule has 2 aliphatic rings. The van der Waals surface area contributed by atoms with E-state index in [0.29, 0.717) is 32.1 Å². The van der Waals surface area contributed by atoms with Crippen LogP contribution in [-0.4, -0.2) is 80.7 Å². The van der Waals surface area contributed by atoms with Crippen molar-refractivity contribution in [2.24, 2.45) is 0 Å². The van der Waals surface area contributed by atoms with Crippen molar-refractivity contribution in [3.05, 3.63) is 48.3 Å². The van der Waals surface area contributed by atoms with Gasteiger partial charge in [0, 0.05) is 44.6 Å². The molecule has 0 unspecified atom stereocenters. The minimum atomic E-state index is -3.80. The van der Waals surface area contributed by atoms with E-state index in [0.717, 1.165) is 5.56 Å². The highest BCUT2D eigenvalue weighted by Gasteiger charge is 2.48. The Hall–Kier alpha value is -2.04. The normalized spacial score (nSPS) is 24.5. The van der Waals surface area contributed by atoms with E-state index in [1.165, 1.54) is 0 Å². The van der Waals surface area contributed by atoms with E-state index in [1.807, 2.05) is 21.9 Å². The Morgan fingerprint density at radius 2 is 1.53 bits per heavy atom. The SMILES string of the molecule is CC(C)(C)c1ccc(S(=O)(=O)[C@@H]2CS(=O)(=O)C[C@H]2N2CCN(c3ncccn3)CC2)cc1. The third-order valence-electron chi connectivity index (χ3n) is 6.34. The fourth-order valence-electron chi connectivity index (χ4n) is 4.46. The Morgan fingerprint density at radius 3 is 2.09 bits per heavy atom. The van der Waals surface area contributed by atoms with E-state index >= 15 is 0 Å². The van der Waals surface area contributed by atoms with Gasteiger partial charge in [-0.3, -0.25) is 4.90 Å². The molecule has 2 saturated heterocycles. The fourth-order valence-corrected chi connectivity index (χ4v) is 9.29. The predicted octanol–water partition coefficient (Wildman–Crippen LogP) is 1.54. The number of aromatic nitrogens is 2. The van der Waals surface area contributed by atoms with Crippen LogP contribution >= 0.6 is 0 Å². The molecule has 2 aromatic rings. The van der Waals surface area contributed by atoms with Crippen LogP contribution in [0.5, 0.6) is 0 Å². The first-order valence-corrected chi connectivity index (χ1v) is 14.1. The zero-order chi connectivity index (χ0) is 23.1. The highest BCUT2D eigenvalue weighted by atomic mass is 32.2. The van der Waals surface area contributed by atoms with Gasteiger partial charge in [0.15, 0.2) is 19.7 Å². The summed E-state index contributed by atoms with van der Waals surface area (Å²) in [7, 11) is -7.24. The topological polar surface area (TPSA) is 101 Å². The number of hydrogen-bond acceptors (Lipinski definition) is 8. The number of rotatable bonds is 4. The summed E-state index contributed by atoms with van der Waals surface area (Å²) < 4.78 is 52.0. The number of piperazine rings is 1. The molecule has 32 heavy (non-hydrogen) atoms. The third-order valence-corrected chi connectivity index (χ3v) is 10.5. The molecule has 1 aromatic heterocycles. The van der Waals surface area contributed by atoms with Gasteiger partial charge in [-0.2, -0.15) is 0 Å². The molecule has 3 heterocycles. The minimum absolute atomic E-state index is 0.0936. The molecule has 0 N–H and O–H groups in total. The lowest BCUT2D eigenvalue weighted by Gasteiger charge is -2.39. The van der Waals surface area contributed by atoms with Crippen LogP contribution in [-0.2, 0) is 25.1 Å². The number of nitrogens with zero attached hydrogens (tertiary/aromatic N) is 4. The maximum Gasteiger partial charge on any atom is 0.225 e. The summed E-state index contributed by atoms with van der Waals surface area (Å²) in [5.74, 6) is 0.177. The second kappa shape index (κ2) is 8.39. The Morgan fingerprint density at radius 1 is 0.938 bits per heavy atom. The summed E-state index contributed by atoms with van der Waals surface area (Å²) in [6.07, 6.45) is 3.37. The van der Waals surface area contributed by atoms with Gasteiger partial charge in [-0.15, -0.1) is 0 Å². The second-order valence-electron chi connectivity index (χ2n) is 9.57. The molecule has 0 aliphatic carbocycles. The summed E-state index contributed by atoms with van der Waals surface area (Å²) in [5, 5.41) is -0.965. The van der Waals surface area contributed by atoms with Crippen LogP contribution in [0.1, 0.15) is 26.3 Å². The Balaban J connectivity index is 1.55. The zero-order valence-electron chi connectivity index (χ0n) is 18.7.